The number of rotatable bonds is 9. The van der Waals surface area contributed by atoms with Crippen LogP contribution in [0.5, 0.6) is 5.75 Å². The van der Waals surface area contributed by atoms with Crippen molar-refractivity contribution in [3.63, 3.8) is 0 Å². The van der Waals surface area contributed by atoms with E-state index in [1.54, 1.807) is 31.2 Å². The van der Waals surface area contributed by atoms with E-state index in [0.717, 1.165) is 5.56 Å². The maximum absolute atomic E-state index is 11.8. The van der Waals surface area contributed by atoms with Gasteiger partial charge in [-0.2, -0.15) is 0 Å². The summed E-state index contributed by atoms with van der Waals surface area (Å²) in [6.45, 7) is 1.92. The monoisotopic (exact) mass is 323 g/mol. The lowest BCUT2D eigenvalue weighted by atomic mass is 10.1. The maximum Gasteiger partial charge on any atom is 0.326 e. The third kappa shape index (κ3) is 6.82. The predicted octanol–water partition coefficient (Wildman–Crippen LogP) is 1.15. The van der Waals surface area contributed by atoms with E-state index in [0.29, 0.717) is 5.75 Å². The number of ether oxygens (including phenoxy) is 2. The zero-order valence-corrected chi connectivity index (χ0v) is 13.2. The number of hydrogen-bond donors (Lipinski definition) is 2. The van der Waals surface area contributed by atoms with Crippen LogP contribution in [0.4, 0.5) is 0 Å². The largest absolute Gasteiger partial charge is 0.497 e. The van der Waals surface area contributed by atoms with Crippen LogP contribution in [0.2, 0.25) is 0 Å². The number of amides is 1. The average molecular weight is 323 g/mol. The van der Waals surface area contributed by atoms with Crippen LogP contribution in [0.25, 0.3) is 0 Å². The molecule has 0 spiro atoms. The minimum atomic E-state index is -1.14. The van der Waals surface area contributed by atoms with E-state index < -0.39 is 23.9 Å². The first-order valence-electron chi connectivity index (χ1n) is 7.27. The van der Waals surface area contributed by atoms with E-state index >= 15 is 0 Å². The summed E-state index contributed by atoms with van der Waals surface area (Å²) < 4.78 is 9.80. The Morgan fingerprint density at radius 2 is 2.00 bits per heavy atom. The van der Waals surface area contributed by atoms with Gasteiger partial charge in [-0.1, -0.05) is 12.1 Å². The molecule has 1 rings (SSSR count). The molecule has 0 aromatic heterocycles. The molecule has 0 radical (unpaired) electrons. The molecule has 23 heavy (non-hydrogen) atoms. The molecule has 0 unspecified atom stereocenters. The molecule has 1 aromatic carbocycles. The Labute approximate surface area is 134 Å². The van der Waals surface area contributed by atoms with Crippen LogP contribution in [-0.4, -0.2) is 42.7 Å². The molecule has 1 atom stereocenters. The van der Waals surface area contributed by atoms with Crippen LogP contribution in [-0.2, 0) is 25.5 Å². The minimum Gasteiger partial charge on any atom is -0.497 e. The van der Waals surface area contributed by atoms with Gasteiger partial charge in [0, 0.05) is 12.8 Å². The maximum atomic E-state index is 11.8. The van der Waals surface area contributed by atoms with E-state index in [4.69, 9.17) is 9.47 Å². The quantitative estimate of drug-likeness (QED) is 0.661. The number of benzene rings is 1. The fourth-order valence-corrected chi connectivity index (χ4v) is 1.95. The van der Waals surface area contributed by atoms with Crippen molar-refractivity contribution >= 4 is 17.8 Å². The number of nitrogens with one attached hydrogen (secondary N) is 1. The lowest BCUT2D eigenvalue weighted by molar-refractivity contribution is -0.144. The van der Waals surface area contributed by atoms with Crippen LogP contribution < -0.4 is 10.1 Å². The van der Waals surface area contributed by atoms with Crippen molar-refractivity contribution in [2.24, 2.45) is 0 Å². The molecule has 1 aromatic rings. The second-order valence-corrected chi connectivity index (χ2v) is 4.82. The van der Waals surface area contributed by atoms with Crippen molar-refractivity contribution < 1.29 is 29.0 Å². The molecule has 1 amide bonds. The van der Waals surface area contributed by atoms with Crippen molar-refractivity contribution in [1.29, 1.82) is 0 Å². The molecule has 0 aliphatic carbocycles. The highest BCUT2D eigenvalue weighted by Crippen LogP contribution is 2.14. The highest BCUT2D eigenvalue weighted by molar-refractivity contribution is 5.85. The molecule has 2 N–H and O–H groups in total. The molecule has 0 saturated heterocycles. The van der Waals surface area contributed by atoms with Crippen molar-refractivity contribution in [2.75, 3.05) is 13.7 Å². The summed E-state index contributed by atoms with van der Waals surface area (Å²) in [6, 6.07) is 5.88. The van der Waals surface area contributed by atoms with Gasteiger partial charge in [-0.15, -0.1) is 0 Å². The number of aliphatic carboxylic acids is 1. The molecule has 0 bridgehead atoms. The Morgan fingerprint density at radius 1 is 1.26 bits per heavy atom. The molecule has 7 nitrogen and oxygen atoms in total. The Balaban J connectivity index is 2.59. The number of esters is 1. The number of carboxylic acids is 1. The number of carbonyl (C=O) groups excluding carboxylic acids is 2. The summed E-state index contributed by atoms with van der Waals surface area (Å²) in [5.74, 6) is -1.52. The summed E-state index contributed by atoms with van der Waals surface area (Å²) in [4.78, 5) is 34.3. The van der Waals surface area contributed by atoms with E-state index in [9.17, 15) is 19.5 Å². The molecule has 0 saturated carbocycles. The van der Waals surface area contributed by atoms with Gasteiger partial charge in [0.1, 0.15) is 11.8 Å². The summed E-state index contributed by atoms with van der Waals surface area (Å²) in [6.07, 6.45) is -0.0659. The van der Waals surface area contributed by atoms with Crippen molar-refractivity contribution in [3.05, 3.63) is 29.8 Å². The Morgan fingerprint density at radius 3 is 2.61 bits per heavy atom. The number of hydrogen-bond acceptors (Lipinski definition) is 5. The smallest absolute Gasteiger partial charge is 0.326 e. The highest BCUT2D eigenvalue weighted by Gasteiger charge is 2.21. The van der Waals surface area contributed by atoms with Gasteiger partial charge in [-0.25, -0.2) is 4.79 Å². The lowest BCUT2D eigenvalue weighted by Gasteiger charge is -2.15. The van der Waals surface area contributed by atoms with Gasteiger partial charge < -0.3 is 19.9 Å². The van der Waals surface area contributed by atoms with Gasteiger partial charge >= 0.3 is 11.9 Å². The summed E-state index contributed by atoms with van der Waals surface area (Å²) in [5, 5.41) is 11.6. The second-order valence-electron chi connectivity index (χ2n) is 4.82. The van der Waals surface area contributed by atoms with Crippen LogP contribution in [0.1, 0.15) is 25.3 Å². The summed E-state index contributed by atoms with van der Waals surface area (Å²) >= 11 is 0. The molecule has 0 heterocycles. The Kier molecular flexibility index (Phi) is 7.59. The van der Waals surface area contributed by atoms with E-state index in [1.165, 1.54) is 7.11 Å². The Hall–Kier alpha value is -2.57. The highest BCUT2D eigenvalue weighted by atomic mass is 16.5. The number of carboxylic acid groups (broad SMARTS) is 1. The predicted molar refractivity (Wildman–Crippen MR) is 82.1 cm³/mol. The molecule has 126 valence electrons. The zero-order chi connectivity index (χ0) is 17.2. The Bertz CT molecular complexity index is 557. The van der Waals surface area contributed by atoms with Crippen LogP contribution >= 0.6 is 0 Å². The van der Waals surface area contributed by atoms with Crippen molar-refractivity contribution in [2.45, 2.75) is 32.2 Å². The third-order valence-corrected chi connectivity index (χ3v) is 3.07. The normalized spacial score (nSPS) is 11.4. The van der Waals surface area contributed by atoms with Crippen LogP contribution in [0.3, 0.4) is 0 Å². The van der Waals surface area contributed by atoms with Gasteiger partial charge in [0.05, 0.1) is 20.1 Å². The molecule has 0 fully saturated rings. The molecule has 0 aliphatic heterocycles. The van der Waals surface area contributed by atoms with Crippen LogP contribution in [0.15, 0.2) is 24.3 Å². The first kappa shape index (κ1) is 18.5. The topological polar surface area (TPSA) is 102 Å². The number of methoxy groups -OCH3 is 1. The first-order valence-corrected chi connectivity index (χ1v) is 7.27. The molecule has 0 aliphatic rings. The first-order chi connectivity index (χ1) is 11.0. The minimum absolute atomic E-state index is 0.0782. The standard InChI is InChI=1S/C16H21NO6/c1-3-23-15(19)8-7-14(18)17-13(16(20)21)10-11-5-4-6-12(9-11)22-2/h4-6,9,13H,3,7-8,10H2,1-2H3,(H,17,18)(H,20,21)/t13-/m1/s1. The average Bonchev–Trinajstić information content (AvgIpc) is 2.52. The van der Waals surface area contributed by atoms with E-state index in [2.05, 4.69) is 5.32 Å². The zero-order valence-electron chi connectivity index (χ0n) is 13.2. The third-order valence-electron chi connectivity index (χ3n) is 3.07. The summed E-state index contributed by atoms with van der Waals surface area (Å²) in [5.41, 5.74) is 0.724. The van der Waals surface area contributed by atoms with Crippen LogP contribution in [0, 0.1) is 0 Å². The molecule has 7 heteroatoms. The van der Waals surface area contributed by atoms with Crippen molar-refractivity contribution in [1.82, 2.24) is 5.32 Å². The van der Waals surface area contributed by atoms with Gasteiger partial charge in [-0.3, -0.25) is 9.59 Å². The molecular formula is C16H21NO6. The molecular weight excluding hydrogens is 302 g/mol. The fraction of sp³-hybridized carbons (Fsp3) is 0.438. The van der Waals surface area contributed by atoms with Crippen molar-refractivity contribution in [3.8, 4) is 5.75 Å². The van der Waals surface area contributed by atoms with E-state index in [1.807, 2.05) is 0 Å². The SMILES string of the molecule is CCOC(=O)CCC(=O)N[C@H](Cc1cccc(OC)c1)C(=O)O. The second kappa shape index (κ2) is 9.45. The van der Waals surface area contributed by atoms with Gasteiger partial charge in [0.2, 0.25) is 5.91 Å². The van der Waals surface area contributed by atoms with Gasteiger partial charge in [-0.05, 0) is 24.6 Å². The van der Waals surface area contributed by atoms with E-state index in [-0.39, 0.29) is 25.9 Å². The fourth-order valence-electron chi connectivity index (χ4n) is 1.95. The van der Waals surface area contributed by atoms with Gasteiger partial charge in [0.25, 0.3) is 0 Å². The number of carbonyl (C=O) groups is 3. The summed E-state index contributed by atoms with van der Waals surface area (Å²) in [7, 11) is 1.52. The van der Waals surface area contributed by atoms with Gasteiger partial charge in [0.15, 0.2) is 0 Å². The lowest BCUT2D eigenvalue weighted by Crippen LogP contribution is -2.42.